The van der Waals surface area contributed by atoms with Crippen LogP contribution < -0.4 is 4.74 Å². The Morgan fingerprint density at radius 1 is 1.25 bits per heavy atom. The van der Waals surface area contributed by atoms with Gasteiger partial charge in [0, 0.05) is 15.4 Å². The van der Waals surface area contributed by atoms with Crippen molar-refractivity contribution in [2.75, 3.05) is 7.11 Å². The third-order valence-electron chi connectivity index (χ3n) is 2.93. The van der Waals surface area contributed by atoms with Crippen LogP contribution in [0.25, 0.3) is 11.0 Å². The van der Waals surface area contributed by atoms with Gasteiger partial charge in [-0.05, 0) is 52.4 Å². The van der Waals surface area contributed by atoms with Gasteiger partial charge >= 0.3 is 0 Å². The summed E-state index contributed by atoms with van der Waals surface area (Å²) < 4.78 is 6.48. The highest BCUT2D eigenvalue weighted by molar-refractivity contribution is 14.1. The number of methoxy groups -OCH3 is 1. The maximum atomic E-state index is 5.22. The summed E-state index contributed by atoms with van der Waals surface area (Å²) in [5.74, 6) is 1.75. The second-order valence-electron chi connectivity index (χ2n) is 4.34. The van der Waals surface area contributed by atoms with Crippen LogP contribution in [0.2, 0.25) is 0 Å². The van der Waals surface area contributed by atoms with E-state index < -0.39 is 0 Å². The fourth-order valence-corrected chi connectivity index (χ4v) is 3.37. The van der Waals surface area contributed by atoms with Gasteiger partial charge in [0.15, 0.2) is 5.16 Å². The molecule has 3 rings (SSSR count). The first kappa shape index (κ1) is 13.8. The van der Waals surface area contributed by atoms with E-state index in [1.165, 1.54) is 9.13 Å². The second kappa shape index (κ2) is 6.05. The van der Waals surface area contributed by atoms with E-state index in [2.05, 4.69) is 56.8 Å². The van der Waals surface area contributed by atoms with E-state index in [1.807, 2.05) is 18.2 Å². The molecule has 3 aromatic rings. The van der Waals surface area contributed by atoms with Crippen molar-refractivity contribution < 1.29 is 4.74 Å². The summed E-state index contributed by atoms with van der Waals surface area (Å²) >= 11 is 4.04. The maximum Gasteiger partial charge on any atom is 0.166 e. The summed E-state index contributed by atoms with van der Waals surface area (Å²) in [6, 6.07) is 14.4. The summed E-state index contributed by atoms with van der Waals surface area (Å²) in [6.07, 6.45) is 0. The third kappa shape index (κ3) is 3.09. The number of thioether (sulfide) groups is 1. The van der Waals surface area contributed by atoms with Crippen LogP contribution in [0.1, 0.15) is 5.56 Å². The van der Waals surface area contributed by atoms with Crippen molar-refractivity contribution in [3.63, 3.8) is 0 Å². The number of aromatic nitrogens is 2. The van der Waals surface area contributed by atoms with Crippen LogP contribution in [0.3, 0.4) is 0 Å². The molecule has 0 atom stereocenters. The molecule has 1 heterocycles. The number of rotatable bonds is 4. The maximum absolute atomic E-state index is 5.22. The number of ether oxygens (including phenoxy) is 1. The smallest absolute Gasteiger partial charge is 0.166 e. The van der Waals surface area contributed by atoms with Gasteiger partial charge in [0.1, 0.15) is 5.75 Å². The molecule has 0 aliphatic rings. The first-order valence-electron chi connectivity index (χ1n) is 6.15. The molecular formula is C15H13IN2OS. The summed E-state index contributed by atoms with van der Waals surface area (Å²) in [4.78, 5) is 7.90. The zero-order chi connectivity index (χ0) is 13.9. The van der Waals surface area contributed by atoms with Crippen LogP contribution in [-0.4, -0.2) is 17.1 Å². The molecule has 3 nitrogen and oxygen atoms in total. The Balaban J connectivity index is 1.77. The third-order valence-corrected chi connectivity index (χ3v) is 4.55. The van der Waals surface area contributed by atoms with Crippen LogP contribution in [0.15, 0.2) is 47.6 Å². The van der Waals surface area contributed by atoms with Crippen LogP contribution in [0, 0.1) is 3.57 Å². The van der Waals surface area contributed by atoms with Gasteiger partial charge < -0.3 is 9.72 Å². The van der Waals surface area contributed by atoms with Crippen molar-refractivity contribution in [3.8, 4) is 5.75 Å². The molecule has 2 aromatic carbocycles. The fraction of sp³-hybridized carbons (Fsp3) is 0.133. The molecule has 1 N–H and O–H groups in total. The average Bonchev–Trinajstić information content (AvgIpc) is 2.87. The highest BCUT2D eigenvalue weighted by Gasteiger charge is 2.05. The summed E-state index contributed by atoms with van der Waals surface area (Å²) in [5, 5.41) is 0.937. The zero-order valence-electron chi connectivity index (χ0n) is 10.9. The molecule has 0 unspecified atom stereocenters. The van der Waals surface area contributed by atoms with Crippen molar-refractivity contribution in [3.05, 3.63) is 51.6 Å². The van der Waals surface area contributed by atoms with Crippen LogP contribution in [0.5, 0.6) is 5.75 Å². The first-order chi connectivity index (χ1) is 9.74. The van der Waals surface area contributed by atoms with Gasteiger partial charge in [0.05, 0.1) is 18.1 Å². The van der Waals surface area contributed by atoms with Crippen LogP contribution in [-0.2, 0) is 5.75 Å². The molecule has 1 aromatic heterocycles. The van der Waals surface area contributed by atoms with E-state index in [1.54, 1.807) is 18.9 Å². The van der Waals surface area contributed by atoms with E-state index in [4.69, 9.17) is 4.74 Å². The minimum Gasteiger partial charge on any atom is -0.497 e. The summed E-state index contributed by atoms with van der Waals surface area (Å²) in [5.41, 5.74) is 3.28. The monoisotopic (exact) mass is 396 g/mol. The van der Waals surface area contributed by atoms with Crippen molar-refractivity contribution in [1.82, 2.24) is 9.97 Å². The molecule has 0 fully saturated rings. The quantitative estimate of drug-likeness (QED) is 0.523. The Bertz CT molecular complexity index is 742. The van der Waals surface area contributed by atoms with Gasteiger partial charge in [-0.15, -0.1) is 0 Å². The molecule has 5 heteroatoms. The predicted octanol–water partition coefficient (Wildman–Crippen LogP) is 4.47. The molecule has 102 valence electrons. The van der Waals surface area contributed by atoms with Crippen molar-refractivity contribution in [2.45, 2.75) is 10.9 Å². The summed E-state index contributed by atoms with van der Waals surface area (Å²) in [6.45, 7) is 0. The number of fused-ring (bicyclic) bond motifs is 1. The lowest BCUT2D eigenvalue weighted by Gasteiger charge is -1.99. The number of hydrogen-bond acceptors (Lipinski definition) is 3. The van der Waals surface area contributed by atoms with Gasteiger partial charge in [-0.1, -0.05) is 23.9 Å². The van der Waals surface area contributed by atoms with Gasteiger partial charge in [0.2, 0.25) is 0 Å². The molecule has 0 saturated carbocycles. The number of aromatic amines is 1. The molecule has 0 aliphatic carbocycles. The molecule has 20 heavy (non-hydrogen) atoms. The Morgan fingerprint density at radius 2 is 2.15 bits per heavy atom. The largest absolute Gasteiger partial charge is 0.497 e. The summed E-state index contributed by atoms with van der Waals surface area (Å²) in [7, 11) is 1.67. The zero-order valence-corrected chi connectivity index (χ0v) is 13.9. The van der Waals surface area contributed by atoms with Crippen LogP contribution in [0.4, 0.5) is 0 Å². The highest BCUT2D eigenvalue weighted by Crippen LogP contribution is 2.25. The Kier molecular flexibility index (Phi) is 4.16. The lowest BCUT2D eigenvalue weighted by atomic mass is 10.2. The number of H-pyrrole nitrogens is 1. The molecular weight excluding hydrogens is 383 g/mol. The standard InChI is InChI=1S/C15H13IN2OS/c1-19-12-5-6-13-14(8-12)18-15(17-13)20-9-10-3-2-4-11(16)7-10/h2-8H,9H2,1H3,(H,17,18). The van der Waals surface area contributed by atoms with Gasteiger partial charge in [-0.25, -0.2) is 4.98 Å². The van der Waals surface area contributed by atoms with E-state index in [0.717, 1.165) is 27.7 Å². The highest BCUT2D eigenvalue weighted by atomic mass is 127. The molecule has 0 saturated heterocycles. The second-order valence-corrected chi connectivity index (χ2v) is 6.55. The van der Waals surface area contributed by atoms with Crippen molar-refractivity contribution in [2.24, 2.45) is 0 Å². The molecule has 0 spiro atoms. The molecule has 0 radical (unpaired) electrons. The minimum atomic E-state index is 0.843. The van der Waals surface area contributed by atoms with E-state index >= 15 is 0 Å². The van der Waals surface area contributed by atoms with E-state index in [0.29, 0.717) is 0 Å². The fourth-order valence-electron chi connectivity index (χ4n) is 1.94. The Labute approximate surface area is 135 Å². The number of halogens is 1. The molecule has 0 amide bonds. The van der Waals surface area contributed by atoms with Crippen molar-refractivity contribution in [1.29, 1.82) is 0 Å². The lowest BCUT2D eigenvalue weighted by Crippen LogP contribution is -1.82. The molecule has 0 aliphatic heterocycles. The lowest BCUT2D eigenvalue weighted by molar-refractivity contribution is 0.415. The normalized spacial score (nSPS) is 10.9. The van der Waals surface area contributed by atoms with E-state index in [9.17, 15) is 0 Å². The SMILES string of the molecule is COc1ccc2nc(SCc3cccc(I)c3)[nH]c2c1. The van der Waals surface area contributed by atoms with Crippen molar-refractivity contribution >= 4 is 45.4 Å². The number of nitrogens with one attached hydrogen (secondary N) is 1. The van der Waals surface area contributed by atoms with E-state index in [-0.39, 0.29) is 0 Å². The Hall–Kier alpha value is -1.21. The van der Waals surface area contributed by atoms with Gasteiger partial charge in [-0.3, -0.25) is 0 Å². The first-order valence-corrected chi connectivity index (χ1v) is 8.22. The average molecular weight is 396 g/mol. The number of nitrogens with zero attached hydrogens (tertiary/aromatic N) is 1. The van der Waals surface area contributed by atoms with Gasteiger partial charge in [-0.2, -0.15) is 0 Å². The molecule has 0 bridgehead atoms. The minimum absolute atomic E-state index is 0.843. The predicted molar refractivity (Wildman–Crippen MR) is 91.4 cm³/mol. The number of imidazole rings is 1. The van der Waals surface area contributed by atoms with Crippen LogP contribution >= 0.6 is 34.4 Å². The topological polar surface area (TPSA) is 37.9 Å². The Morgan fingerprint density at radius 3 is 2.95 bits per heavy atom. The number of benzene rings is 2. The van der Waals surface area contributed by atoms with Gasteiger partial charge in [0.25, 0.3) is 0 Å². The number of hydrogen-bond donors (Lipinski definition) is 1.